The SMILES string of the molecule is CCC(C)NCc1ccnc(OC)c1. The van der Waals surface area contributed by atoms with E-state index in [0.717, 1.165) is 13.0 Å². The van der Waals surface area contributed by atoms with Crippen LogP contribution < -0.4 is 10.1 Å². The second-order valence-corrected chi connectivity index (χ2v) is 3.40. The third-order valence-corrected chi connectivity index (χ3v) is 2.28. The smallest absolute Gasteiger partial charge is 0.213 e. The molecule has 0 aliphatic rings. The summed E-state index contributed by atoms with van der Waals surface area (Å²) in [6.07, 6.45) is 2.91. The second-order valence-electron chi connectivity index (χ2n) is 3.40. The van der Waals surface area contributed by atoms with Crippen LogP contribution in [0, 0.1) is 0 Å². The van der Waals surface area contributed by atoms with Crippen LogP contribution in [0.5, 0.6) is 5.88 Å². The van der Waals surface area contributed by atoms with Crippen molar-refractivity contribution in [3.63, 3.8) is 0 Å². The molecule has 3 heteroatoms. The van der Waals surface area contributed by atoms with Crippen LogP contribution in [0.15, 0.2) is 18.3 Å². The summed E-state index contributed by atoms with van der Waals surface area (Å²) in [5, 5.41) is 3.42. The Bertz CT molecular complexity index is 276. The molecule has 14 heavy (non-hydrogen) atoms. The van der Waals surface area contributed by atoms with Crippen molar-refractivity contribution in [3.05, 3.63) is 23.9 Å². The van der Waals surface area contributed by atoms with Gasteiger partial charge in [-0.15, -0.1) is 0 Å². The fourth-order valence-corrected chi connectivity index (χ4v) is 1.11. The molecule has 78 valence electrons. The maximum Gasteiger partial charge on any atom is 0.213 e. The Kier molecular flexibility index (Phi) is 4.40. The zero-order chi connectivity index (χ0) is 10.4. The van der Waals surface area contributed by atoms with Gasteiger partial charge in [-0.1, -0.05) is 6.92 Å². The van der Waals surface area contributed by atoms with Gasteiger partial charge in [0.1, 0.15) is 0 Å². The van der Waals surface area contributed by atoms with Gasteiger partial charge in [0.2, 0.25) is 5.88 Å². The minimum Gasteiger partial charge on any atom is -0.481 e. The number of nitrogens with one attached hydrogen (secondary N) is 1. The Balaban J connectivity index is 2.50. The van der Waals surface area contributed by atoms with Gasteiger partial charge in [-0.05, 0) is 25.0 Å². The van der Waals surface area contributed by atoms with Crippen molar-refractivity contribution in [3.8, 4) is 5.88 Å². The van der Waals surface area contributed by atoms with Crippen molar-refractivity contribution >= 4 is 0 Å². The van der Waals surface area contributed by atoms with E-state index in [4.69, 9.17) is 4.74 Å². The van der Waals surface area contributed by atoms with Crippen LogP contribution in [0.1, 0.15) is 25.8 Å². The molecule has 0 saturated carbocycles. The molecule has 0 spiro atoms. The third kappa shape index (κ3) is 3.34. The topological polar surface area (TPSA) is 34.2 Å². The summed E-state index contributed by atoms with van der Waals surface area (Å²) >= 11 is 0. The molecular formula is C11H18N2O. The molecule has 1 aromatic rings. The molecule has 0 fully saturated rings. The molecule has 3 nitrogen and oxygen atoms in total. The second kappa shape index (κ2) is 5.60. The van der Waals surface area contributed by atoms with Gasteiger partial charge in [-0.25, -0.2) is 4.98 Å². The molecule has 1 rings (SSSR count). The molecule has 0 bridgehead atoms. The van der Waals surface area contributed by atoms with E-state index >= 15 is 0 Å². The zero-order valence-electron chi connectivity index (χ0n) is 9.08. The normalized spacial score (nSPS) is 12.5. The quantitative estimate of drug-likeness (QED) is 0.778. The summed E-state index contributed by atoms with van der Waals surface area (Å²) in [6.45, 7) is 5.22. The van der Waals surface area contributed by atoms with E-state index in [2.05, 4.69) is 24.1 Å². The van der Waals surface area contributed by atoms with Crippen molar-refractivity contribution < 1.29 is 4.74 Å². The Morgan fingerprint density at radius 1 is 1.57 bits per heavy atom. The van der Waals surface area contributed by atoms with E-state index in [1.54, 1.807) is 13.3 Å². The highest BCUT2D eigenvalue weighted by Crippen LogP contribution is 2.08. The lowest BCUT2D eigenvalue weighted by atomic mass is 10.2. The molecule has 0 amide bonds. The minimum absolute atomic E-state index is 0.550. The van der Waals surface area contributed by atoms with Crippen LogP contribution in [0.3, 0.4) is 0 Å². The summed E-state index contributed by atoms with van der Waals surface area (Å²) < 4.78 is 5.05. The van der Waals surface area contributed by atoms with E-state index in [1.165, 1.54) is 5.56 Å². The minimum atomic E-state index is 0.550. The molecule has 0 aromatic carbocycles. The highest BCUT2D eigenvalue weighted by atomic mass is 16.5. The molecule has 1 heterocycles. The molecule has 0 aliphatic heterocycles. The van der Waals surface area contributed by atoms with E-state index in [1.807, 2.05) is 12.1 Å². The average molecular weight is 194 g/mol. The third-order valence-electron chi connectivity index (χ3n) is 2.28. The Labute approximate surface area is 85.5 Å². The maximum absolute atomic E-state index is 5.05. The van der Waals surface area contributed by atoms with Crippen molar-refractivity contribution in [1.82, 2.24) is 10.3 Å². The first-order chi connectivity index (χ1) is 6.76. The van der Waals surface area contributed by atoms with Crippen molar-refractivity contribution in [1.29, 1.82) is 0 Å². The largest absolute Gasteiger partial charge is 0.481 e. The number of rotatable bonds is 5. The Hall–Kier alpha value is -1.09. The maximum atomic E-state index is 5.05. The Morgan fingerprint density at radius 3 is 3.00 bits per heavy atom. The first-order valence-corrected chi connectivity index (χ1v) is 4.98. The number of ether oxygens (including phenoxy) is 1. The van der Waals surface area contributed by atoms with E-state index in [9.17, 15) is 0 Å². The van der Waals surface area contributed by atoms with Gasteiger partial charge in [-0.3, -0.25) is 0 Å². The van der Waals surface area contributed by atoms with E-state index < -0.39 is 0 Å². The van der Waals surface area contributed by atoms with Crippen LogP contribution in [-0.4, -0.2) is 18.1 Å². The summed E-state index contributed by atoms with van der Waals surface area (Å²) in [7, 11) is 1.63. The van der Waals surface area contributed by atoms with E-state index in [0.29, 0.717) is 11.9 Å². The summed E-state index contributed by atoms with van der Waals surface area (Å²) in [4.78, 5) is 4.06. The number of hydrogen-bond acceptors (Lipinski definition) is 3. The molecule has 0 radical (unpaired) electrons. The number of pyridine rings is 1. The molecule has 0 saturated heterocycles. The lowest BCUT2D eigenvalue weighted by Crippen LogP contribution is -2.24. The number of aromatic nitrogens is 1. The van der Waals surface area contributed by atoms with Crippen LogP contribution in [-0.2, 0) is 6.54 Å². The van der Waals surface area contributed by atoms with Gasteiger partial charge in [0.25, 0.3) is 0 Å². The number of methoxy groups -OCH3 is 1. The molecule has 1 atom stereocenters. The average Bonchev–Trinajstić information content (AvgIpc) is 2.26. The standard InChI is InChI=1S/C11H18N2O/c1-4-9(2)13-8-10-5-6-12-11(7-10)14-3/h5-7,9,13H,4,8H2,1-3H3. The van der Waals surface area contributed by atoms with Crippen molar-refractivity contribution in [2.45, 2.75) is 32.9 Å². The lowest BCUT2D eigenvalue weighted by Gasteiger charge is -2.11. The van der Waals surface area contributed by atoms with Gasteiger partial charge in [0.15, 0.2) is 0 Å². The van der Waals surface area contributed by atoms with Gasteiger partial charge >= 0.3 is 0 Å². The molecule has 1 unspecified atom stereocenters. The van der Waals surface area contributed by atoms with Crippen LogP contribution in [0.2, 0.25) is 0 Å². The Morgan fingerprint density at radius 2 is 2.36 bits per heavy atom. The van der Waals surface area contributed by atoms with Crippen LogP contribution in [0.25, 0.3) is 0 Å². The summed E-state index contributed by atoms with van der Waals surface area (Å²) in [5.41, 5.74) is 1.21. The van der Waals surface area contributed by atoms with E-state index in [-0.39, 0.29) is 0 Å². The predicted molar refractivity (Wildman–Crippen MR) is 57.4 cm³/mol. The highest BCUT2D eigenvalue weighted by molar-refractivity contribution is 5.20. The first kappa shape index (κ1) is 11.0. The van der Waals surface area contributed by atoms with Crippen LogP contribution >= 0.6 is 0 Å². The summed E-state index contributed by atoms with van der Waals surface area (Å²) in [6, 6.07) is 4.50. The van der Waals surface area contributed by atoms with Crippen molar-refractivity contribution in [2.24, 2.45) is 0 Å². The van der Waals surface area contributed by atoms with Gasteiger partial charge in [0.05, 0.1) is 7.11 Å². The summed E-state index contributed by atoms with van der Waals surface area (Å²) in [5.74, 6) is 0.674. The monoisotopic (exact) mass is 194 g/mol. The predicted octanol–water partition coefficient (Wildman–Crippen LogP) is 1.98. The van der Waals surface area contributed by atoms with Gasteiger partial charge < -0.3 is 10.1 Å². The lowest BCUT2D eigenvalue weighted by molar-refractivity contribution is 0.396. The number of hydrogen-bond donors (Lipinski definition) is 1. The molecule has 0 aliphatic carbocycles. The first-order valence-electron chi connectivity index (χ1n) is 4.98. The molecule has 1 aromatic heterocycles. The van der Waals surface area contributed by atoms with Crippen LogP contribution in [0.4, 0.5) is 0 Å². The molecule has 1 N–H and O–H groups in total. The van der Waals surface area contributed by atoms with Gasteiger partial charge in [0, 0.05) is 24.8 Å². The highest BCUT2D eigenvalue weighted by Gasteiger charge is 1.99. The zero-order valence-corrected chi connectivity index (χ0v) is 9.08. The van der Waals surface area contributed by atoms with Crippen molar-refractivity contribution in [2.75, 3.05) is 7.11 Å². The fraction of sp³-hybridized carbons (Fsp3) is 0.545. The fourth-order valence-electron chi connectivity index (χ4n) is 1.11. The van der Waals surface area contributed by atoms with Gasteiger partial charge in [-0.2, -0.15) is 0 Å². The number of nitrogens with zero attached hydrogens (tertiary/aromatic N) is 1. The molecular weight excluding hydrogens is 176 g/mol.